The molecule has 134 valence electrons. The Bertz CT molecular complexity index is 630. The van der Waals surface area contributed by atoms with E-state index in [1.807, 2.05) is 42.5 Å². The van der Waals surface area contributed by atoms with Crippen LogP contribution in [0.3, 0.4) is 0 Å². The van der Waals surface area contributed by atoms with Crippen LogP contribution in [-0.4, -0.2) is 49.6 Å². The van der Waals surface area contributed by atoms with Crippen molar-refractivity contribution >= 4 is 17.4 Å². The molecule has 25 heavy (non-hydrogen) atoms. The molecule has 1 heterocycles. The first-order valence-corrected chi connectivity index (χ1v) is 8.46. The van der Waals surface area contributed by atoms with Gasteiger partial charge in [0, 0.05) is 6.54 Å². The van der Waals surface area contributed by atoms with Crippen LogP contribution in [0.2, 0.25) is 0 Å². The Morgan fingerprint density at radius 1 is 1.16 bits per heavy atom. The van der Waals surface area contributed by atoms with Crippen molar-refractivity contribution in [2.45, 2.75) is 12.8 Å². The lowest BCUT2D eigenvalue weighted by atomic mass is 10.3. The van der Waals surface area contributed by atoms with Crippen LogP contribution >= 0.6 is 0 Å². The maximum Gasteiger partial charge on any atom is 0.227 e. The molecule has 6 nitrogen and oxygen atoms in total. The number of para-hydroxylation sites is 1. The molecule has 1 amide bonds. The van der Waals surface area contributed by atoms with Gasteiger partial charge in [0.25, 0.3) is 0 Å². The summed E-state index contributed by atoms with van der Waals surface area (Å²) in [6.45, 7) is 2.24. The lowest BCUT2D eigenvalue weighted by molar-refractivity contribution is -0.116. The second-order valence-corrected chi connectivity index (χ2v) is 5.98. The van der Waals surface area contributed by atoms with Gasteiger partial charge in [-0.05, 0) is 51.3 Å². The fraction of sp³-hybridized carbons (Fsp3) is 0.368. The van der Waals surface area contributed by atoms with Crippen LogP contribution < -0.4 is 15.4 Å². The molecule has 2 rings (SSSR count). The topological polar surface area (TPSA) is 66.5 Å². The normalized spacial score (nSPS) is 10.5. The minimum Gasteiger partial charge on any atom is -0.493 e. The third kappa shape index (κ3) is 7.67. The van der Waals surface area contributed by atoms with E-state index in [0.29, 0.717) is 18.7 Å². The van der Waals surface area contributed by atoms with Crippen molar-refractivity contribution in [1.29, 1.82) is 0 Å². The van der Waals surface area contributed by atoms with Gasteiger partial charge in [0.2, 0.25) is 5.91 Å². The molecule has 0 bridgehead atoms. The number of carbonyl (C=O) groups is 1. The van der Waals surface area contributed by atoms with Gasteiger partial charge in [-0.2, -0.15) is 0 Å². The molecule has 0 saturated carbocycles. The van der Waals surface area contributed by atoms with Crippen LogP contribution in [0.5, 0.6) is 5.75 Å². The average molecular weight is 342 g/mol. The number of hydrogen-bond acceptors (Lipinski definition) is 5. The van der Waals surface area contributed by atoms with Gasteiger partial charge in [-0.3, -0.25) is 4.79 Å². The molecular weight excluding hydrogens is 316 g/mol. The van der Waals surface area contributed by atoms with E-state index in [1.54, 1.807) is 6.20 Å². The fourth-order valence-corrected chi connectivity index (χ4v) is 2.19. The van der Waals surface area contributed by atoms with Crippen molar-refractivity contribution in [3.05, 3.63) is 48.7 Å². The Morgan fingerprint density at radius 3 is 2.64 bits per heavy atom. The molecule has 2 N–H and O–H groups in total. The zero-order chi connectivity index (χ0) is 17.9. The highest BCUT2D eigenvalue weighted by Gasteiger charge is 2.04. The quantitative estimate of drug-likeness (QED) is 0.650. The molecule has 0 aliphatic carbocycles. The van der Waals surface area contributed by atoms with Gasteiger partial charge >= 0.3 is 0 Å². The van der Waals surface area contributed by atoms with Crippen molar-refractivity contribution in [1.82, 2.24) is 9.88 Å². The highest BCUT2D eigenvalue weighted by Crippen LogP contribution is 2.11. The van der Waals surface area contributed by atoms with Crippen LogP contribution in [-0.2, 0) is 4.79 Å². The first kappa shape index (κ1) is 18.7. The minimum absolute atomic E-state index is 0.0931. The summed E-state index contributed by atoms with van der Waals surface area (Å²) < 4.78 is 5.52. The highest BCUT2D eigenvalue weighted by molar-refractivity contribution is 5.90. The lowest BCUT2D eigenvalue weighted by Crippen LogP contribution is -2.17. The van der Waals surface area contributed by atoms with E-state index in [1.165, 1.54) is 0 Å². The second-order valence-electron chi connectivity index (χ2n) is 5.98. The van der Waals surface area contributed by atoms with Crippen LogP contribution in [0.1, 0.15) is 12.8 Å². The summed E-state index contributed by atoms with van der Waals surface area (Å²) in [6.07, 6.45) is 3.00. The molecule has 6 heteroatoms. The Morgan fingerprint density at radius 2 is 1.96 bits per heavy atom. The van der Waals surface area contributed by atoms with E-state index in [2.05, 4.69) is 34.6 Å². The minimum atomic E-state index is -0.0931. The Hall–Kier alpha value is -2.60. The van der Waals surface area contributed by atoms with E-state index in [4.69, 9.17) is 4.74 Å². The number of ether oxygens (including phenoxy) is 1. The SMILES string of the molecule is CN(C)CCCNc1ccc(NC(=O)CCOc2ccccc2)cn1. The maximum atomic E-state index is 11.9. The average Bonchev–Trinajstić information content (AvgIpc) is 2.61. The summed E-state index contributed by atoms with van der Waals surface area (Å²) in [5.41, 5.74) is 0.684. The van der Waals surface area contributed by atoms with Gasteiger partial charge in [-0.15, -0.1) is 0 Å². The molecule has 1 aromatic heterocycles. The second kappa shape index (κ2) is 10.3. The van der Waals surface area contributed by atoms with Gasteiger partial charge in [0.1, 0.15) is 11.6 Å². The number of rotatable bonds is 10. The lowest BCUT2D eigenvalue weighted by Gasteiger charge is -2.11. The zero-order valence-electron chi connectivity index (χ0n) is 14.9. The number of pyridine rings is 1. The summed E-state index contributed by atoms with van der Waals surface area (Å²) >= 11 is 0. The Kier molecular flexibility index (Phi) is 7.72. The molecule has 0 atom stereocenters. The Balaban J connectivity index is 1.66. The summed E-state index contributed by atoms with van der Waals surface area (Å²) in [4.78, 5) is 18.4. The van der Waals surface area contributed by atoms with Gasteiger partial charge in [-0.25, -0.2) is 4.98 Å². The van der Waals surface area contributed by atoms with E-state index in [0.717, 1.165) is 31.1 Å². The number of nitrogens with one attached hydrogen (secondary N) is 2. The highest BCUT2D eigenvalue weighted by atomic mass is 16.5. The molecule has 0 spiro atoms. The van der Waals surface area contributed by atoms with Gasteiger partial charge in [0.05, 0.1) is 24.9 Å². The smallest absolute Gasteiger partial charge is 0.227 e. The van der Waals surface area contributed by atoms with Crippen molar-refractivity contribution in [2.24, 2.45) is 0 Å². The first-order valence-electron chi connectivity index (χ1n) is 8.46. The van der Waals surface area contributed by atoms with Crippen LogP contribution in [0.4, 0.5) is 11.5 Å². The summed E-state index contributed by atoms with van der Waals surface area (Å²) in [5, 5.41) is 6.08. The maximum absolute atomic E-state index is 11.9. The third-order valence-electron chi connectivity index (χ3n) is 3.48. The van der Waals surface area contributed by atoms with Gasteiger partial charge < -0.3 is 20.3 Å². The van der Waals surface area contributed by atoms with Crippen LogP contribution in [0.25, 0.3) is 0 Å². The van der Waals surface area contributed by atoms with E-state index < -0.39 is 0 Å². The summed E-state index contributed by atoms with van der Waals surface area (Å²) in [6, 6.07) is 13.2. The standard InChI is InChI=1S/C19H26N4O2/c1-23(2)13-6-12-20-18-10-9-16(15-21-18)22-19(24)11-14-25-17-7-4-3-5-8-17/h3-5,7-10,15H,6,11-14H2,1-2H3,(H,20,21)(H,22,24). The molecule has 1 aromatic carbocycles. The number of aromatic nitrogens is 1. The molecule has 0 unspecified atom stereocenters. The molecule has 0 aliphatic heterocycles. The molecule has 0 radical (unpaired) electrons. The number of amides is 1. The summed E-state index contributed by atoms with van der Waals surface area (Å²) in [5.74, 6) is 1.48. The van der Waals surface area contributed by atoms with Gasteiger partial charge in [0.15, 0.2) is 0 Å². The monoisotopic (exact) mass is 342 g/mol. The van der Waals surface area contributed by atoms with Crippen LogP contribution in [0, 0.1) is 0 Å². The molecule has 0 aliphatic rings. The van der Waals surface area contributed by atoms with Crippen molar-refractivity contribution in [3.8, 4) is 5.75 Å². The third-order valence-corrected chi connectivity index (χ3v) is 3.48. The number of nitrogens with zero attached hydrogens (tertiary/aromatic N) is 2. The molecule has 0 saturated heterocycles. The number of anilines is 2. The Labute approximate surface area is 149 Å². The zero-order valence-corrected chi connectivity index (χ0v) is 14.9. The fourth-order valence-electron chi connectivity index (χ4n) is 2.19. The molecule has 0 fully saturated rings. The van der Waals surface area contributed by atoms with E-state index in [9.17, 15) is 4.79 Å². The number of benzene rings is 1. The van der Waals surface area contributed by atoms with Crippen molar-refractivity contribution in [3.63, 3.8) is 0 Å². The van der Waals surface area contributed by atoms with E-state index in [-0.39, 0.29) is 5.91 Å². The van der Waals surface area contributed by atoms with Crippen molar-refractivity contribution < 1.29 is 9.53 Å². The number of hydrogen-bond donors (Lipinski definition) is 2. The van der Waals surface area contributed by atoms with Gasteiger partial charge in [-0.1, -0.05) is 18.2 Å². The van der Waals surface area contributed by atoms with Crippen molar-refractivity contribution in [2.75, 3.05) is 44.4 Å². The largest absolute Gasteiger partial charge is 0.493 e. The molecular formula is C19H26N4O2. The van der Waals surface area contributed by atoms with E-state index >= 15 is 0 Å². The first-order chi connectivity index (χ1) is 12.1. The molecule has 2 aromatic rings. The predicted molar refractivity (Wildman–Crippen MR) is 101 cm³/mol. The number of carbonyl (C=O) groups excluding carboxylic acids is 1. The van der Waals surface area contributed by atoms with Crippen LogP contribution in [0.15, 0.2) is 48.7 Å². The predicted octanol–water partition coefficient (Wildman–Crippen LogP) is 2.85. The summed E-state index contributed by atoms with van der Waals surface area (Å²) in [7, 11) is 4.11.